The van der Waals surface area contributed by atoms with Crippen LogP contribution >= 0.6 is 23.2 Å². The molecule has 1 amide bonds. The SMILES string of the molecule is CC1=NN(c2ccc(Cl)c(Cl)c2)C(=O)C1CN. The van der Waals surface area contributed by atoms with Gasteiger partial charge in [-0.3, -0.25) is 4.79 Å². The summed E-state index contributed by atoms with van der Waals surface area (Å²) < 4.78 is 0. The summed E-state index contributed by atoms with van der Waals surface area (Å²) in [7, 11) is 0. The molecule has 0 bridgehead atoms. The zero-order valence-electron chi connectivity index (χ0n) is 9.15. The summed E-state index contributed by atoms with van der Waals surface area (Å²) in [6.45, 7) is 2.04. The van der Waals surface area contributed by atoms with E-state index in [4.69, 9.17) is 28.9 Å². The average molecular weight is 272 g/mol. The maximum Gasteiger partial charge on any atom is 0.257 e. The van der Waals surface area contributed by atoms with Crippen LogP contribution in [0, 0.1) is 5.92 Å². The molecule has 17 heavy (non-hydrogen) atoms. The molecule has 0 fully saturated rings. The number of benzene rings is 1. The van der Waals surface area contributed by atoms with Crippen molar-refractivity contribution in [2.45, 2.75) is 6.92 Å². The summed E-state index contributed by atoms with van der Waals surface area (Å²) >= 11 is 11.7. The van der Waals surface area contributed by atoms with Crippen LogP contribution in [0.4, 0.5) is 5.69 Å². The van der Waals surface area contributed by atoms with Crippen LogP contribution in [0.5, 0.6) is 0 Å². The van der Waals surface area contributed by atoms with Gasteiger partial charge in [-0.15, -0.1) is 0 Å². The van der Waals surface area contributed by atoms with E-state index in [-0.39, 0.29) is 18.4 Å². The Kier molecular flexibility index (Phi) is 3.38. The summed E-state index contributed by atoms with van der Waals surface area (Å²) in [5.74, 6) is -0.479. The fourth-order valence-electron chi connectivity index (χ4n) is 1.68. The predicted molar refractivity (Wildman–Crippen MR) is 69.6 cm³/mol. The van der Waals surface area contributed by atoms with E-state index in [0.29, 0.717) is 21.4 Å². The Bertz CT molecular complexity index is 501. The molecule has 1 unspecified atom stereocenters. The van der Waals surface area contributed by atoms with Crippen LogP contribution in [0.2, 0.25) is 10.0 Å². The highest BCUT2D eigenvalue weighted by molar-refractivity contribution is 6.42. The van der Waals surface area contributed by atoms with Crippen LogP contribution in [0.25, 0.3) is 0 Å². The number of hydrogen-bond acceptors (Lipinski definition) is 3. The quantitative estimate of drug-likeness (QED) is 0.897. The third-order valence-electron chi connectivity index (χ3n) is 2.65. The lowest BCUT2D eigenvalue weighted by Crippen LogP contribution is -2.32. The van der Waals surface area contributed by atoms with E-state index in [2.05, 4.69) is 5.10 Å². The van der Waals surface area contributed by atoms with Crippen molar-refractivity contribution in [1.82, 2.24) is 0 Å². The van der Waals surface area contributed by atoms with Gasteiger partial charge in [-0.1, -0.05) is 23.2 Å². The van der Waals surface area contributed by atoms with Crippen LogP contribution in [-0.4, -0.2) is 18.2 Å². The Morgan fingerprint density at radius 1 is 1.41 bits per heavy atom. The number of rotatable bonds is 2. The Hall–Kier alpha value is -1.10. The minimum Gasteiger partial charge on any atom is -0.329 e. The Morgan fingerprint density at radius 3 is 2.65 bits per heavy atom. The third-order valence-corrected chi connectivity index (χ3v) is 3.39. The van der Waals surface area contributed by atoms with Gasteiger partial charge in [0, 0.05) is 12.3 Å². The molecule has 6 heteroatoms. The third kappa shape index (κ3) is 2.16. The van der Waals surface area contributed by atoms with E-state index in [1.54, 1.807) is 25.1 Å². The van der Waals surface area contributed by atoms with E-state index < -0.39 is 0 Å². The molecule has 2 rings (SSSR count). The smallest absolute Gasteiger partial charge is 0.257 e. The van der Waals surface area contributed by atoms with Gasteiger partial charge in [-0.05, 0) is 25.1 Å². The fraction of sp³-hybridized carbons (Fsp3) is 0.273. The molecule has 1 aliphatic heterocycles. The molecule has 1 heterocycles. The van der Waals surface area contributed by atoms with Crippen LogP contribution in [0.1, 0.15) is 6.92 Å². The maximum atomic E-state index is 12.0. The van der Waals surface area contributed by atoms with Crippen molar-refractivity contribution < 1.29 is 4.79 Å². The Balaban J connectivity index is 2.36. The number of carbonyl (C=O) groups excluding carboxylic acids is 1. The van der Waals surface area contributed by atoms with Crippen LogP contribution in [-0.2, 0) is 4.79 Å². The van der Waals surface area contributed by atoms with Crippen LogP contribution < -0.4 is 10.7 Å². The number of nitrogens with two attached hydrogens (primary N) is 1. The van der Waals surface area contributed by atoms with Gasteiger partial charge in [0.05, 0.1) is 21.7 Å². The van der Waals surface area contributed by atoms with E-state index in [0.717, 1.165) is 0 Å². The molecular formula is C11H11Cl2N3O. The monoisotopic (exact) mass is 271 g/mol. The number of carbonyl (C=O) groups is 1. The Labute approximate surface area is 109 Å². The van der Waals surface area contributed by atoms with Crippen LogP contribution in [0.3, 0.4) is 0 Å². The normalized spacial score (nSPS) is 19.8. The number of amides is 1. The van der Waals surface area contributed by atoms with Gasteiger partial charge >= 0.3 is 0 Å². The molecule has 2 N–H and O–H groups in total. The maximum absolute atomic E-state index is 12.0. The molecule has 0 saturated heterocycles. The molecule has 0 radical (unpaired) electrons. The lowest BCUT2D eigenvalue weighted by molar-refractivity contribution is -0.119. The number of hydrogen-bond donors (Lipinski definition) is 1. The molecular weight excluding hydrogens is 261 g/mol. The largest absolute Gasteiger partial charge is 0.329 e. The number of halogens is 2. The van der Waals surface area contributed by atoms with E-state index >= 15 is 0 Å². The van der Waals surface area contributed by atoms with Gasteiger partial charge in [-0.25, -0.2) is 5.01 Å². The first-order valence-electron chi connectivity index (χ1n) is 5.08. The fourth-order valence-corrected chi connectivity index (χ4v) is 1.97. The summed E-state index contributed by atoms with van der Waals surface area (Å²) in [6.07, 6.45) is 0. The molecule has 1 aromatic carbocycles. The number of nitrogens with zero attached hydrogens (tertiary/aromatic N) is 2. The highest BCUT2D eigenvalue weighted by atomic mass is 35.5. The Morgan fingerprint density at radius 2 is 2.12 bits per heavy atom. The van der Waals surface area contributed by atoms with E-state index in [9.17, 15) is 4.79 Å². The van der Waals surface area contributed by atoms with Crippen molar-refractivity contribution in [2.75, 3.05) is 11.6 Å². The lowest BCUT2D eigenvalue weighted by atomic mass is 10.1. The molecule has 0 saturated carbocycles. The predicted octanol–water partition coefficient (Wildman–Crippen LogP) is 2.29. The molecule has 1 atom stereocenters. The molecule has 1 aromatic rings. The highest BCUT2D eigenvalue weighted by Gasteiger charge is 2.33. The number of hydrazone groups is 1. The van der Waals surface area contributed by atoms with Crippen LogP contribution in [0.15, 0.2) is 23.3 Å². The molecule has 4 nitrogen and oxygen atoms in total. The van der Waals surface area contributed by atoms with E-state index in [1.807, 2.05) is 0 Å². The van der Waals surface area contributed by atoms with Gasteiger partial charge in [-0.2, -0.15) is 5.10 Å². The minimum atomic E-state index is -0.343. The van der Waals surface area contributed by atoms with Gasteiger partial charge in [0.25, 0.3) is 5.91 Å². The molecule has 0 spiro atoms. The standard InChI is InChI=1S/C11H11Cl2N3O/c1-6-8(5-14)11(17)16(15-6)7-2-3-9(12)10(13)4-7/h2-4,8H,5,14H2,1H3. The summed E-state index contributed by atoms with van der Waals surface area (Å²) in [6, 6.07) is 4.94. The van der Waals surface area contributed by atoms with Gasteiger partial charge in [0.1, 0.15) is 0 Å². The minimum absolute atomic E-state index is 0.136. The zero-order valence-corrected chi connectivity index (χ0v) is 10.7. The summed E-state index contributed by atoms with van der Waals surface area (Å²) in [5.41, 5.74) is 6.84. The second-order valence-corrected chi connectivity index (χ2v) is 4.59. The molecule has 0 aromatic heterocycles. The second-order valence-electron chi connectivity index (χ2n) is 3.78. The topological polar surface area (TPSA) is 58.7 Å². The van der Waals surface area contributed by atoms with Crippen molar-refractivity contribution in [3.05, 3.63) is 28.2 Å². The van der Waals surface area contributed by atoms with Crippen molar-refractivity contribution in [3.63, 3.8) is 0 Å². The molecule has 90 valence electrons. The van der Waals surface area contributed by atoms with Gasteiger partial charge in [0.15, 0.2) is 0 Å². The first-order valence-corrected chi connectivity index (χ1v) is 5.84. The molecule has 0 aliphatic carbocycles. The lowest BCUT2D eigenvalue weighted by Gasteiger charge is -2.14. The highest BCUT2D eigenvalue weighted by Crippen LogP contribution is 2.30. The van der Waals surface area contributed by atoms with Crippen molar-refractivity contribution in [1.29, 1.82) is 0 Å². The zero-order chi connectivity index (χ0) is 12.6. The van der Waals surface area contributed by atoms with Gasteiger partial charge in [0.2, 0.25) is 0 Å². The van der Waals surface area contributed by atoms with Crippen molar-refractivity contribution in [3.8, 4) is 0 Å². The summed E-state index contributed by atoms with van der Waals surface area (Å²) in [5, 5.41) is 6.33. The first-order chi connectivity index (χ1) is 8.04. The van der Waals surface area contributed by atoms with Crippen molar-refractivity contribution in [2.24, 2.45) is 16.8 Å². The first kappa shape index (κ1) is 12.4. The second kappa shape index (κ2) is 4.64. The van der Waals surface area contributed by atoms with Crippen molar-refractivity contribution >= 4 is 40.5 Å². The molecule has 1 aliphatic rings. The average Bonchev–Trinajstić information content (AvgIpc) is 2.58. The van der Waals surface area contributed by atoms with Gasteiger partial charge < -0.3 is 5.73 Å². The van der Waals surface area contributed by atoms with E-state index in [1.165, 1.54) is 5.01 Å². The number of anilines is 1. The summed E-state index contributed by atoms with van der Waals surface area (Å²) in [4.78, 5) is 12.0.